The number of imide groups is 1. The predicted molar refractivity (Wildman–Crippen MR) is 124 cm³/mol. The number of hydrogen-bond acceptors (Lipinski definition) is 9. The second kappa shape index (κ2) is 10.7. The minimum atomic E-state index is -0.562. The molecule has 0 bridgehead atoms. The predicted octanol–water partition coefficient (Wildman–Crippen LogP) is 3.09. The van der Waals surface area contributed by atoms with E-state index in [1.165, 1.54) is 45.6 Å². The van der Waals surface area contributed by atoms with Gasteiger partial charge in [0.15, 0.2) is 11.5 Å². The maximum absolute atomic E-state index is 12.8. The van der Waals surface area contributed by atoms with Crippen LogP contribution in [0.5, 0.6) is 17.2 Å². The van der Waals surface area contributed by atoms with Gasteiger partial charge in [-0.3, -0.25) is 29.4 Å². The third-order valence-electron chi connectivity index (χ3n) is 4.82. The molecule has 2 aromatic carbocycles. The van der Waals surface area contributed by atoms with E-state index in [1.54, 1.807) is 18.2 Å². The van der Waals surface area contributed by atoms with Gasteiger partial charge in [-0.15, -0.1) is 0 Å². The van der Waals surface area contributed by atoms with Crippen LogP contribution in [0.2, 0.25) is 0 Å². The Morgan fingerprint density at radius 2 is 1.71 bits per heavy atom. The van der Waals surface area contributed by atoms with Gasteiger partial charge in [-0.1, -0.05) is 0 Å². The van der Waals surface area contributed by atoms with Crippen molar-refractivity contribution in [2.24, 2.45) is 0 Å². The van der Waals surface area contributed by atoms with Gasteiger partial charge in [0.25, 0.3) is 22.7 Å². The van der Waals surface area contributed by atoms with E-state index in [0.717, 1.165) is 16.7 Å². The van der Waals surface area contributed by atoms with Gasteiger partial charge in [-0.25, -0.2) is 0 Å². The van der Waals surface area contributed by atoms with Gasteiger partial charge in [0.2, 0.25) is 5.75 Å². The zero-order valence-electron chi connectivity index (χ0n) is 18.5. The summed E-state index contributed by atoms with van der Waals surface area (Å²) in [7, 11) is 4.42. The molecule has 12 heteroatoms. The largest absolute Gasteiger partial charge is 0.493 e. The van der Waals surface area contributed by atoms with Crippen LogP contribution < -0.4 is 19.5 Å². The molecule has 3 rings (SSSR count). The van der Waals surface area contributed by atoms with Crippen molar-refractivity contribution in [2.45, 2.75) is 0 Å². The van der Waals surface area contributed by atoms with Crippen LogP contribution in [0.4, 0.5) is 10.5 Å². The maximum Gasteiger partial charge on any atom is 0.293 e. The molecule has 3 amide bonds. The molecule has 11 nitrogen and oxygen atoms in total. The van der Waals surface area contributed by atoms with Crippen molar-refractivity contribution in [3.05, 3.63) is 62.5 Å². The molecular weight excluding hydrogens is 466 g/mol. The van der Waals surface area contributed by atoms with Crippen LogP contribution in [0.1, 0.15) is 15.9 Å². The molecule has 0 atom stereocenters. The fraction of sp³-hybridized carbons (Fsp3) is 0.227. The summed E-state index contributed by atoms with van der Waals surface area (Å²) in [6, 6.07) is 8.40. The molecule has 1 N–H and O–H groups in total. The number of nitro groups is 1. The zero-order valence-corrected chi connectivity index (χ0v) is 19.3. The summed E-state index contributed by atoms with van der Waals surface area (Å²) in [4.78, 5) is 48.7. The molecule has 2 aromatic rings. The number of methoxy groups -OCH3 is 3. The first-order chi connectivity index (χ1) is 16.3. The van der Waals surface area contributed by atoms with Crippen LogP contribution >= 0.6 is 11.8 Å². The molecule has 0 aromatic heterocycles. The zero-order chi connectivity index (χ0) is 24.8. The quantitative estimate of drug-likeness (QED) is 0.321. The van der Waals surface area contributed by atoms with Crippen molar-refractivity contribution in [1.29, 1.82) is 0 Å². The van der Waals surface area contributed by atoms with E-state index in [-0.39, 0.29) is 29.2 Å². The molecule has 0 radical (unpaired) electrons. The van der Waals surface area contributed by atoms with Gasteiger partial charge in [-0.2, -0.15) is 0 Å². The van der Waals surface area contributed by atoms with Crippen molar-refractivity contribution in [3.8, 4) is 17.2 Å². The first-order valence-electron chi connectivity index (χ1n) is 9.87. The number of carbonyl (C=O) groups excluding carboxylic acids is 3. The lowest BCUT2D eigenvalue weighted by atomic mass is 10.1. The van der Waals surface area contributed by atoms with Gasteiger partial charge in [0, 0.05) is 30.8 Å². The monoisotopic (exact) mass is 487 g/mol. The highest BCUT2D eigenvalue weighted by atomic mass is 32.2. The average molecular weight is 487 g/mol. The van der Waals surface area contributed by atoms with Crippen LogP contribution in [-0.4, -0.2) is 61.3 Å². The normalized spacial score (nSPS) is 14.3. The average Bonchev–Trinajstić information content (AvgIpc) is 3.10. The smallest absolute Gasteiger partial charge is 0.293 e. The number of ether oxygens (including phenoxy) is 3. The molecule has 0 spiro atoms. The number of non-ortho nitro benzene ring substituents is 1. The summed E-state index contributed by atoms with van der Waals surface area (Å²) in [6.45, 7) is -0.0126. The summed E-state index contributed by atoms with van der Waals surface area (Å²) in [5.41, 5.74) is 0.668. The molecule has 34 heavy (non-hydrogen) atoms. The van der Waals surface area contributed by atoms with Crippen molar-refractivity contribution in [2.75, 3.05) is 34.4 Å². The topological polar surface area (TPSA) is 137 Å². The molecule has 178 valence electrons. The second-order valence-corrected chi connectivity index (χ2v) is 7.85. The van der Waals surface area contributed by atoms with Gasteiger partial charge in [0.1, 0.15) is 0 Å². The molecule has 0 saturated carbocycles. The van der Waals surface area contributed by atoms with Crippen molar-refractivity contribution < 1.29 is 33.5 Å². The molecular formula is C22H21N3O8S. The standard InChI is InChI=1S/C22H21N3O8S/c1-31-16-10-13(11-17(32-2)19(16)33-3)12-18-21(27)24(22(28)34-18)9-8-23-20(26)14-4-6-15(7-5-14)25(29)30/h4-7,10-12H,8-9H2,1-3H3,(H,23,26)/b18-12+. The molecule has 1 aliphatic rings. The molecule has 1 aliphatic heterocycles. The highest BCUT2D eigenvalue weighted by molar-refractivity contribution is 8.18. The third kappa shape index (κ3) is 5.29. The van der Waals surface area contributed by atoms with Gasteiger partial charge in [-0.05, 0) is 47.7 Å². The summed E-state index contributed by atoms with van der Waals surface area (Å²) >= 11 is 0.782. The van der Waals surface area contributed by atoms with Gasteiger partial charge in [0.05, 0.1) is 31.2 Å². The van der Waals surface area contributed by atoms with Crippen LogP contribution in [-0.2, 0) is 4.79 Å². The van der Waals surface area contributed by atoms with E-state index < -0.39 is 22.0 Å². The molecule has 1 heterocycles. The fourth-order valence-electron chi connectivity index (χ4n) is 3.15. The Balaban J connectivity index is 1.66. The second-order valence-electron chi connectivity index (χ2n) is 6.85. The number of nitrogens with zero attached hydrogens (tertiary/aromatic N) is 2. The van der Waals surface area contributed by atoms with E-state index in [0.29, 0.717) is 22.8 Å². The number of nitrogens with one attached hydrogen (secondary N) is 1. The number of benzene rings is 2. The number of hydrogen-bond donors (Lipinski definition) is 1. The van der Waals surface area contributed by atoms with E-state index in [2.05, 4.69) is 5.32 Å². The summed E-state index contributed by atoms with van der Waals surface area (Å²) in [5, 5.41) is 12.8. The molecule has 0 aliphatic carbocycles. The first kappa shape index (κ1) is 24.6. The van der Waals surface area contributed by atoms with Gasteiger partial charge >= 0.3 is 0 Å². The van der Waals surface area contributed by atoms with Crippen molar-refractivity contribution >= 4 is 40.6 Å². The summed E-state index contributed by atoms with van der Waals surface area (Å²) in [5.74, 6) is 0.241. The van der Waals surface area contributed by atoms with Crippen LogP contribution in [0.3, 0.4) is 0 Å². The minimum absolute atomic E-state index is 0.0192. The highest BCUT2D eigenvalue weighted by Crippen LogP contribution is 2.40. The molecule has 1 saturated heterocycles. The van der Waals surface area contributed by atoms with E-state index in [4.69, 9.17) is 14.2 Å². The van der Waals surface area contributed by atoms with Crippen LogP contribution in [0, 0.1) is 10.1 Å². The SMILES string of the molecule is COc1cc(/C=C2/SC(=O)N(CCNC(=O)c3ccc([N+](=O)[O-])cc3)C2=O)cc(OC)c1OC. The lowest BCUT2D eigenvalue weighted by Gasteiger charge is -2.13. The minimum Gasteiger partial charge on any atom is -0.493 e. The maximum atomic E-state index is 12.8. The summed E-state index contributed by atoms with van der Waals surface area (Å²) < 4.78 is 15.9. The Labute approximate surface area is 198 Å². The Hall–Kier alpha value is -4.06. The summed E-state index contributed by atoms with van der Waals surface area (Å²) in [6.07, 6.45) is 1.55. The number of carbonyl (C=O) groups is 3. The number of rotatable bonds is 9. The van der Waals surface area contributed by atoms with E-state index in [1.807, 2.05) is 0 Å². The van der Waals surface area contributed by atoms with Crippen molar-refractivity contribution in [1.82, 2.24) is 10.2 Å². The Kier molecular flexibility index (Phi) is 7.74. The highest BCUT2D eigenvalue weighted by Gasteiger charge is 2.34. The van der Waals surface area contributed by atoms with Crippen molar-refractivity contribution in [3.63, 3.8) is 0 Å². The lowest BCUT2D eigenvalue weighted by Crippen LogP contribution is -2.37. The molecule has 1 fully saturated rings. The van der Waals surface area contributed by atoms with E-state index >= 15 is 0 Å². The number of thioether (sulfide) groups is 1. The lowest BCUT2D eigenvalue weighted by molar-refractivity contribution is -0.384. The number of amides is 3. The van der Waals surface area contributed by atoms with E-state index in [9.17, 15) is 24.5 Å². The Bertz CT molecular complexity index is 1140. The fourth-order valence-corrected chi connectivity index (χ4v) is 4.01. The van der Waals surface area contributed by atoms with Gasteiger partial charge < -0.3 is 19.5 Å². The van der Waals surface area contributed by atoms with Crippen LogP contribution in [0.25, 0.3) is 6.08 Å². The number of nitro benzene ring substituents is 1. The third-order valence-corrected chi connectivity index (χ3v) is 5.73. The Morgan fingerprint density at radius 3 is 2.24 bits per heavy atom. The first-order valence-corrected chi connectivity index (χ1v) is 10.7. The Morgan fingerprint density at radius 1 is 1.09 bits per heavy atom. The van der Waals surface area contributed by atoms with Crippen LogP contribution in [0.15, 0.2) is 41.3 Å². The molecule has 0 unspecified atom stereocenters.